The van der Waals surface area contributed by atoms with Crippen molar-refractivity contribution in [2.24, 2.45) is 0 Å². The van der Waals surface area contributed by atoms with E-state index in [1.165, 1.54) is 13.2 Å². The SMILES string of the molecule is COCC(C)(C)NS(=O)(=O)c1cnc(Cl)c(Cl)c1. The first-order chi connectivity index (χ1) is 8.18. The lowest BCUT2D eigenvalue weighted by atomic mass is 10.1. The number of methoxy groups -OCH3 is 1. The normalized spacial score (nSPS) is 12.7. The molecule has 0 aromatic carbocycles. The van der Waals surface area contributed by atoms with E-state index in [-0.39, 0.29) is 21.7 Å². The quantitative estimate of drug-likeness (QED) is 0.845. The van der Waals surface area contributed by atoms with Gasteiger partial charge < -0.3 is 4.74 Å². The van der Waals surface area contributed by atoms with Gasteiger partial charge >= 0.3 is 0 Å². The minimum atomic E-state index is -3.72. The summed E-state index contributed by atoms with van der Waals surface area (Å²) in [5.74, 6) is 0. The fourth-order valence-electron chi connectivity index (χ4n) is 1.36. The summed E-state index contributed by atoms with van der Waals surface area (Å²) in [4.78, 5) is 3.66. The molecule has 1 heterocycles. The number of nitrogens with zero attached hydrogens (tertiary/aromatic N) is 1. The number of ether oxygens (including phenoxy) is 1. The van der Waals surface area contributed by atoms with Gasteiger partial charge in [-0.1, -0.05) is 23.2 Å². The Hall–Kier alpha value is -0.400. The molecule has 0 saturated heterocycles. The lowest BCUT2D eigenvalue weighted by molar-refractivity contribution is 0.141. The predicted molar refractivity (Wildman–Crippen MR) is 70.5 cm³/mol. The van der Waals surface area contributed by atoms with E-state index < -0.39 is 15.6 Å². The highest BCUT2D eigenvalue weighted by atomic mass is 35.5. The van der Waals surface area contributed by atoms with Crippen molar-refractivity contribution in [3.8, 4) is 0 Å². The van der Waals surface area contributed by atoms with Crippen LogP contribution in [0.3, 0.4) is 0 Å². The number of nitrogens with one attached hydrogen (secondary N) is 1. The maximum Gasteiger partial charge on any atom is 0.242 e. The lowest BCUT2D eigenvalue weighted by Gasteiger charge is -2.24. The molecular formula is C10H14Cl2N2O3S. The van der Waals surface area contributed by atoms with Gasteiger partial charge in [-0.15, -0.1) is 0 Å². The summed E-state index contributed by atoms with van der Waals surface area (Å²) in [6.07, 6.45) is 1.15. The van der Waals surface area contributed by atoms with Crippen molar-refractivity contribution in [2.75, 3.05) is 13.7 Å². The fraction of sp³-hybridized carbons (Fsp3) is 0.500. The molecule has 1 aromatic rings. The fourth-order valence-corrected chi connectivity index (χ4v) is 3.07. The summed E-state index contributed by atoms with van der Waals surface area (Å²) in [7, 11) is -2.22. The second-order valence-electron chi connectivity index (χ2n) is 4.37. The molecule has 0 radical (unpaired) electrons. The van der Waals surface area contributed by atoms with Crippen molar-refractivity contribution in [1.29, 1.82) is 0 Å². The van der Waals surface area contributed by atoms with Crippen LogP contribution < -0.4 is 4.72 Å². The standard InChI is InChI=1S/C10H14Cl2N2O3S/c1-10(2,6-17-3)14-18(15,16)7-4-8(11)9(12)13-5-7/h4-5,14H,6H2,1-3H3. The predicted octanol–water partition coefficient (Wildman–Crippen LogP) is 2.09. The van der Waals surface area contributed by atoms with Gasteiger partial charge in [0.2, 0.25) is 10.0 Å². The molecule has 0 spiro atoms. The van der Waals surface area contributed by atoms with Crippen molar-refractivity contribution in [3.05, 3.63) is 22.4 Å². The van der Waals surface area contributed by atoms with Crippen molar-refractivity contribution in [3.63, 3.8) is 0 Å². The number of pyridine rings is 1. The number of rotatable bonds is 5. The van der Waals surface area contributed by atoms with Gasteiger partial charge in [0.15, 0.2) is 0 Å². The molecule has 0 aliphatic heterocycles. The third-order valence-electron chi connectivity index (χ3n) is 2.00. The molecule has 1 aromatic heterocycles. The van der Waals surface area contributed by atoms with Crippen LogP contribution in [0.15, 0.2) is 17.2 Å². The number of halogens is 2. The number of sulfonamides is 1. The maximum atomic E-state index is 12.1. The number of hydrogen-bond donors (Lipinski definition) is 1. The summed E-state index contributed by atoms with van der Waals surface area (Å²) in [6, 6.07) is 1.25. The van der Waals surface area contributed by atoms with Crippen molar-refractivity contribution >= 4 is 33.2 Å². The van der Waals surface area contributed by atoms with Gasteiger partial charge in [0.1, 0.15) is 10.0 Å². The second kappa shape index (κ2) is 5.71. The van der Waals surface area contributed by atoms with E-state index in [1.54, 1.807) is 13.8 Å². The van der Waals surface area contributed by atoms with Crippen LogP contribution in [0.25, 0.3) is 0 Å². The summed E-state index contributed by atoms with van der Waals surface area (Å²) in [5, 5.41) is 0.149. The molecule has 8 heteroatoms. The van der Waals surface area contributed by atoms with E-state index in [0.29, 0.717) is 0 Å². The molecule has 0 unspecified atom stereocenters. The molecule has 0 saturated carbocycles. The Morgan fingerprint density at radius 2 is 2.06 bits per heavy atom. The Bertz CT molecular complexity index is 532. The third-order valence-corrected chi connectivity index (χ3v) is 4.35. The lowest BCUT2D eigenvalue weighted by Crippen LogP contribution is -2.46. The van der Waals surface area contributed by atoms with Gasteiger partial charge in [0.05, 0.1) is 17.2 Å². The van der Waals surface area contributed by atoms with Gasteiger partial charge in [0.25, 0.3) is 0 Å². The van der Waals surface area contributed by atoms with E-state index >= 15 is 0 Å². The first-order valence-corrected chi connectivity index (χ1v) is 7.26. The summed E-state index contributed by atoms with van der Waals surface area (Å²) in [6.45, 7) is 3.65. The molecule has 18 heavy (non-hydrogen) atoms. The Labute approximate surface area is 117 Å². The Balaban J connectivity index is 3.03. The van der Waals surface area contributed by atoms with E-state index in [9.17, 15) is 8.42 Å². The summed E-state index contributed by atoms with van der Waals surface area (Å²) < 4.78 is 31.6. The Morgan fingerprint density at radius 1 is 1.44 bits per heavy atom. The summed E-state index contributed by atoms with van der Waals surface area (Å²) in [5.41, 5.74) is -0.736. The molecule has 1 rings (SSSR count). The molecule has 102 valence electrons. The molecule has 1 N–H and O–H groups in total. The van der Waals surface area contributed by atoms with Crippen LogP contribution in [0.5, 0.6) is 0 Å². The third kappa shape index (κ3) is 4.07. The highest BCUT2D eigenvalue weighted by Gasteiger charge is 2.26. The monoisotopic (exact) mass is 312 g/mol. The van der Waals surface area contributed by atoms with Gasteiger partial charge in [0, 0.05) is 13.3 Å². The molecule has 0 amide bonds. The van der Waals surface area contributed by atoms with Crippen LogP contribution in [-0.4, -0.2) is 32.7 Å². The Morgan fingerprint density at radius 3 is 2.56 bits per heavy atom. The van der Waals surface area contributed by atoms with Gasteiger partial charge in [-0.05, 0) is 19.9 Å². The first kappa shape index (κ1) is 15.7. The van der Waals surface area contributed by atoms with Crippen LogP contribution in [0.4, 0.5) is 0 Å². The zero-order chi connectivity index (χ0) is 14.0. The van der Waals surface area contributed by atoms with Crippen LogP contribution in [0.1, 0.15) is 13.8 Å². The van der Waals surface area contributed by atoms with Crippen molar-refractivity contribution in [1.82, 2.24) is 9.71 Å². The van der Waals surface area contributed by atoms with Gasteiger partial charge in [-0.25, -0.2) is 18.1 Å². The number of hydrogen-bond acceptors (Lipinski definition) is 4. The van der Waals surface area contributed by atoms with Crippen LogP contribution >= 0.6 is 23.2 Å². The van der Waals surface area contributed by atoms with E-state index in [0.717, 1.165) is 6.20 Å². The molecule has 0 atom stereocenters. The van der Waals surface area contributed by atoms with Crippen molar-refractivity contribution in [2.45, 2.75) is 24.3 Å². The highest BCUT2D eigenvalue weighted by Crippen LogP contribution is 2.22. The topological polar surface area (TPSA) is 68.3 Å². The summed E-state index contributed by atoms with van der Waals surface area (Å²) >= 11 is 11.4. The average Bonchev–Trinajstić information content (AvgIpc) is 2.20. The Kier molecular flexibility index (Phi) is 4.97. The maximum absolute atomic E-state index is 12.1. The van der Waals surface area contributed by atoms with Crippen molar-refractivity contribution < 1.29 is 13.2 Å². The minimum absolute atomic E-state index is 0.0407. The largest absolute Gasteiger partial charge is 0.383 e. The molecule has 0 fully saturated rings. The van der Waals surface area contributed by atoms with Gasteiger partial charge in [-0.2, -0.15) is 0 Å². The zero-order valence-corrected chi connectivity index (χ0v) is 12.5. The highest BCUT2D eigenvalue weighted by molar-refractivity contribution is 7.89. The van der Waals surface area contributed by atoms with E-state index in [1.807, 2.05) is 0 Å². The van der Waals surface area contributed by atoms with Crippen LogP contribution in [0.2, 0.25) is 10.2 Å². The smallest absolute Gasteiger partial charge is 0.242 e. The van der Waals surface area contributed by atoms with E-state index in [4.69, 9.17) is 27.9 Å². The van der Waals surface area contributed by atoms with Crippen LogP contribution in [-0.2, 0) is 14.8 Å². The molecule has 0 bridgehead atoms. The molecular weight excluding hydrogens is 299 g/mol. The van der Waals surface area contributed by atoms with E-state index in [2.05, 4.69) is 9.71 Å². The number of aromatic nitrogens is 1. The second-order valence-corrected chi connectivity index (χ2v) is 6.81. The zero-order valence-electron chi connectivity index (χ0n) is 10.2. The molecule has 0 aliphatic rings. The van der Waals surface area contributed by atoms with Gasteiger partial charge in [-0.3, -0.25) is 0 Å². The minimum Gasteiger partial charge on any atom is -0.383 e. The first-order valence-electron chi connectivity index (χ1n) is 5.02. The van der Waals surface area contributed by atoms with Crippen LogP contribution in [0, 0.1) is 0 Å². The average molecular weight is 313 g/mol. The molecule has 5 nitrogen and oxygen atoms in total. The molecule has 0 aliphatic carbocycles.